The molecule has 0 N–H and O–H groups in total. The Balaban J connectivity index is 4.07. The maximum Gasteiger partial charge on any atom is 0.306 e. The molecule has 0 amide bonds. The monoisotopic (exact) mass is 325 g/mol. The van der Waals surface area contributed by atoms with Crippen LogP contribution >= 0.6 is 0 Å². The molecule has 0 bridgehead atoms. The lowest BCUT2D eigenvalue weighted by molar-refractivity contribution is -0.873. The molecular weight excluding hydrogens is 294 g/mol. The molecule has 0 radical (unpaired) electrons. The number of quaternary nitrogens is 1. The van der Waals surface area contributed by atoms with Crippen molar-refractivity contribution in [3.8, 4) is 0 Å². The summed E-state index contributed by atoms with van der Waals surface area (Å²) in [4.78, 5) is 22.6. The first-order valence-corrected chi connectivity index (χ1v) is 8.24. The van der Waals surface area contributed by atoms with E-state index in [9.17, 15) is 14.7 Å². The van der Waals surface area contributed by atoms with Crippen molar-refractivity contribution < 1.29 is 23.9 Å². The van der Waals surface area contributed by atoms with Crippen molar-refractivity contribution in [1.29, 1.82) is 0 Å². The molecule has 0 saturated heterocycles. The molecule has 0 aliphatic carbocycles. The molecule has 5 nitrogen and oxygen atoms in total. The topological polar surface area (TPSA) is 66.4 Å². The van der Waals surface area contributed by atoms with Gasteiger partial charge in [-0.3, -0.25) is 4.79 Å². The van der Waals surface area contributed by atoms with E-state index in [1.165, 1.54) is 0 Å². The summed E-state index contributed by atoms with van der Waals surface area (Å²) in [6.07, 6.45) is 11.2. The Hall–Kier alpha value is -1.62. The minimum absolute atomic E-state index is 0.259. The highest BCUT2D eigenvalue weighted by atomic mass is 16.5. The molecule has 1 unspecified atom stereocenters. The Morgan fingerprint density at radius 3 is 2.35 bits per heavy atom. The fourth-order valence-corrected chi connectivity index (χ4v) is 2.10. The van der Waals surface area contributed by atoms with E-state index in [4.69, 9.17) is 4.74 Å². The first-order valence-electron chi connectivity index (χ1n) is 8.24. The van der Waals surface area contributed by atoms with Crippen LogP contribution in [0.3, 0.4) is 0 Å². The number of likely N-dealkylation sites (N-methyl/N-ethyl adjacent to an activating group) is 1. The first-order chi connectivity index (χ1) is 10.7. The molecule has 23 heavy (non-hydrogen) atoms. The van der Waals surface area contributed by atoms with Crippen LogP contribution < -0.4 is 5.11 Å². The van der Waals surface area contributed by atoms with Crippen LogP contribution in [0.15, 0.2) is 24.3 Å². The lowest BCUT2D eigenvalue weighted by Crippen LogP contribution is -2.45. The van der Waals surface area contributed by atoms with E-state index in [0.29, 0.717) is 23.9 Å². The fraction of sp³-hybridized carbons (Fsp3) is 0.667. The number of hydrogen-bond acceptors (Lipinski definition) is 4. The van der Waals surface area contributed by atoms with E-state index >= 15 is 0 Å². The number of carboxylic acids is 1. The summed E-state index contributed by atoms with van der Waals surface area (Å²) in [5.74, 6) is -1.54. The summed E-state index contributed by atoms with van der Waals surface area (Å²) >= 11 is 0. The zero-order valence-corrected chi connectivity index (χ0v) is 14.9. The number of hydrogen-bond donors (Lipinski definition) is 0. The van der Waals surface area contributed by atoms with Crippen molar-refractivity contribution in [2.45, 2.75) is 51.6 Å². The highest BCUT2D eigenvalue weighted by Gasteiger charge is 2.22. The predicted octanol–water partition coefficient (Wildman–Crippen LogP) is 1.83. The summed E-state index contributed by atoms with van der Waals surface area (Å²) < 4.78 is 5.81. The van der Waals surface area contributed by atoms with Gasteiger partial charge in [-0.05, 0) is 25.7 Å². The second kappa shape index (κ2) is 11.9. The molecule has 0 fully saturated rings. The lowest BCUT2D eigenvalue weighted by Gasteiger charge is -2.29. The molecule has 0 saturated carbocycles. The zero-order chi connectivity index (χ0) is 17.7. The largest absolute Gasteiger partial charge is 0.550 e. The number of allylic oxidation sites excluding steroid dienone is 4. The van der Waals surface area contributed by atoms with E-state index in [-0.39, 0.29) is 12.4 Å². The van der Waals surface area contributed by atoms with Crippen molar-refractivity contribution >= 4 is 11.9 Å². The Bertz CT molecular complexity index is 408. The molecule has 0 aromatic carbocycles. The number of carboxylic acid groups (broad SMARTS) is 1. The second-order valence-electron chi connectivity index (χ2n) is 6.64. The highest BCUT2D eigenvalue weighted by Crippen LogP contribution is 2.08. The van der Waals surface area contributed by atoms with Gasteiger partial charge in [0, 0.05) is 18.8 Å². The van der Waals surface area contributed by atoms with E-state index in [0.717, 1.165) is 19.3 Å². The van der Waals surface area contributed by atoms with Gasteiger partial charge in [-0.25, -0.2) is 0 Å². The van der Waals surface area contributed by atoms with Crippen LogP contribution in [0.2, 0.25) is 0 Å². The Labute approximate surface area is 140 Å². The molecular formula is C18H31NO4. The van der Waals surface area contributed by atoms with Gasteiger partial charge in [0.15, 0.2) is 6.10 Å². The van der Waals surface area contributed by atoms with Crippen molar-refractivity contribution in [3.63, 3.8) is 0 Å². The number of carbonyl (C=O) groups is 2. The van der Waals surface area contributed by atoms with Crippen LogP contribution in [0.25, 0.3) is 0 Å². The average molecular weight is 325 g/mol. The molecule has 1 atom stereocenters. The van der Waals surface area contributed by atoms with Gasteiger partial charge in [0.25, 0.3) is 0 Å². The van der Waals surface area contributed by atoms with Crippen LogP contribution in [-0.2, 0) is 14.3 Å². The predicted molar refractivity (Wildman–Crippen MR) is 89.4 cm³/mol. The van der Waals surface area contributed by atoms with Crippen LogP contribution in [0.4, 0.5) is 0 Å². The summed E-state index contributed by atoms with van der Waals surface area (Å²) in [7, 11) is 5.77. The maximum absolute atomic E-state index is 11.8. The van der Waals surface area contributed by atoms with Gasteiger partial charge >= 0.3 is 5.97 Å². The van der Waals surface area contributed by atoms with E-state index in [1.54, 1.807) is 0 Å². The number of unbranched alkanes of at least 4 members (excludes halogenated alkanes) is 1. The summed E-state index contributed by atoms with van der Waals surface area (Å²) in [5.41, 5.74) is 0. The van der Waals surface area contributed by atoms with Crippen molar-refractivity contribution in [3.05, 3.63) is 24.3 Å². The van der Waals surface area contributed by atoms with E-state index in [2.05, 4.69) is 31.2 Å². The smallest absolute Gasteiger partial charge is 0.306 e. The Morgan fingerprint density at radius 2 is 1.78 bits per heavy atom. The SMILES string of the molecule is CC/C=C/C/C=C/CCCC(=O)OC(CC(=O)[O-])C[N+](C)(C)C. The van der Waals surface area contributed by atoms with Gasteiger partial charge in [-0.1, -0.05) is 31.2 Å². The third kappa shape index (κ3) is 15.1. The standard InChI is InChI=1S/C18H31NO4/c1-5-6-7-8-9-10-11-12-13-18(22)23-16(14-17(20)21)15-19(2,3)4/h6-7,9-10,16H,5,8,11-15H2,1-4H3/b7-6+,10-9+. The number of carbonyl (C=O) groups excluding carboxylic acids is 2. The van der Waals surface area contributed by atoms with E-state index < -0.39 is 12.1 Å². The molecule has 5 heteroatoms. The summed E-state index contributed by atoms with van der Waals surface area (Å²) in [6.45, 7) is 2.54. The number of aliphatic carboxylic acids is 1. The Kier molecular flexibility index (Phi) is 11.0. The Morgan fingerprint density at radius 1 is 1.13 bits per heavy atom. The van der Waals surface area contributed by atoms with Gasteiger partial charge in [0.1, 0.15) is 6.54 Å². The highest BCUT2D eigenvalue weighted by molar-refractivity contribution is 5.70. The van der Waals surface area contributed by atoms with Crippen molar-refractivity contribution in [2.75, 3.05) is 27.7 Å². The number of ether oxygens (including phenoxy) is 1. The second-order valence-corrected chi connectivity index (χ2v) is 6.64. The van der Waals surface area contributed by atoms with Gasteiger partial charge < -0.3 is 19.1 Å². The number of esters is 1. The van der Waals surface area contributed by atoms with Crippen molar-refractivity contribution in [2.24, 2.45) is 0 Å². The van der Waals surface area contributed by atoms with Gasteiger partial charge in [-0.2, -0.15) is 0 Å². The third-order valence-electron chi connectivity index (χ3n) is 3.04. The maximum atomic E-state index is 11.8. The fourth-order valence-electron chi connectivity index (χ4n) is 2.10. The zero-order valence-electron chi connectivity index (χ0n) is 14.9. The summed E-state index contributed by atoms with van der Waals surface area (Å²) in [5, 5.41) is 10.8. The molecule has 0 heterocycles. The third-order valence-corrected chi connectivity index (χ3v) is 3.04. The van der Waals surface area contributed by atoms with Gasteiger partial charge in [0.2, 0.25) is 0 Å². The quantitative estimate of drug-likeness (QED) is 0.238. The van der Waals surface area contributed by atoms with Crippen molar-refractivity contribution in [1.82, 2.24) is 0 Å². The molecule has 0 aromatic heterocycles. The minimum Gasteiger partial charge on any atom is -0.550 e. The van der Waals surface area contributed by atoms with Crippen LogP contribution in [-0.4, -0.2) is 50.2 Å². The van der Waals surface area contributed by atoms with Crippen LogP contribution in [0.1, 0.15) is 45.4 Å². The van der Waals surface area contributed by atoms with Gasteiger partial charge in [0.05, 0.1) is 21.1 Å². The van der Waals surface area contributed by atoms with Gasteiger partial charge in [-0.15, -0.1) is 0 Å². The first kappa shape index (κ1) is 21.4. The average Bonchev–Trinajstić information content (AvgIpc) is 2.39. The molecule has 0 aliphatic rings. The van der Waals surface area contributed by atoms with E-state index in [1.807, 2.05) is 21.1 Å². The van der Waals surface area contributed by atoms with Crippen LogP contribution in [0.5, 0.6) is 0 Å². The normalized spacial score (nSPS) is 13.6. The number of nitrogens with zero attached hydrogens (tertiary/aromatic N) is 1. The molecule has 0 aromatic rings. The molecule has 0 rings (SSSR count). The molecule has 0 spiro atoms. The lowest BCUT2D eigenvalue weighted by atomic mass is 10.2. The number of rotatable bonds is 12. The molecule has 132 valence electrons. The summed E-state index contributed by atoms with van der Waals surface area (Å²) in [6, 6.07) is 0. The molecule has 0 aliphatic heterocycles. The minimum atomic E-state index is -1.20. The van der Waals surface area contributed by atoms with Crippen LogP contribution in [0, 0.1) is 0 Å².